The van der Waals surface area contributed by atoms with Crippen LogP contribution in [0, 0.1) is 0 Å². The number of aromatic hydroxyl groups is 1. The van der Waals surface area contributed by atoms with Gasteiger partial charge in [-0.3, -0.25) is 9.69 Å². The number of piperidine rings is 1. The molecular weight excluding hydrogens is 476 g/mol. The van der Waals surface area contributed by atoms with Crippen molar-refractivity contribution in [2.24, 2.45) is 0 Å². The Labute approximate surface area is 214 Å². The lowest BCUT2D eigenvalue weighted by Crippen LogP contribution is -2.53. The highest BCUT2D eigenvalue weighted by Crippen LogP contribution is 2.35. The van der Waals surface area contributed by atoms with Crippen LogP contribution in [0.5, 0.6) is 5.75 Å². The van der Waals surface area contributed by atoms with Gasteiger partial charge in [-0.25, -0.2) is 9.97 Å². The van der Waals surface area contributed by atoms with Gasteiger partial charge in [0.15, 0.2) is 11.6 Å². The molecule has 6 rings (SSSR count). The predicted octanol–water partition coefficient (Wildman–Crippen LogP) is 2.41. The van der Waals surface area contributed by atoms with Gasteiger partial charge in [0, 0.05) is 50.9 Å². The van der Waals surface area contributed by atoms with Gasteiger partial charge in [-0.1, -0.05) is 12.1 Å². The highest BCUT2D eigenvalue weighted by Gasteiger charge is 2.29. The fourth-order valence-electron chi connectivity index (χ4n) is 5.40. The van der Waals surface area contributed by atoms with Gasteiger partial charge >= 0.3 is 0 Å². The molecule has 1 aromatic carbocycles. The molecule has 1 amide bonds. The van der Waals surface area contributed by atoms with Gasteiger partial charge in [0.1, 0.15) is 5.75 Å². The van der Waals surface area contributed by atoms with Gasteiger partial charge in [0.05, 0.1) is 28.3 Å². The van der Waals surface area contributed by atoms with Crippen LogP contribution in [0.25, 0.3) is 21.6 Å². The van der Waals surface area contributed by atoms with Gasteiger partial charge in [-0.2, -0.15) is 0 Å². The number of hydrogen-bond acceptors (Lipinski definition) is 9. The zero-order valence-corrected chi connectivity index (χ0v) is 21.2. The third-order valence-corrected chi connectivity index (χ3v) is 8.51. The number of nitrogens with one attached hydrogen (secondary N) is 1. The van der Waals surface area contributed by atoms with E-state index in [1.54, 1.807) is 18.2 Å². The number of benzene rings is 1. The second-order valence-electron chi connectivity index (χ2n) is 9.65. The molecule has 3 aliphatic heterocycles. The Kier molecular flexibility index (Phi) is 6.75. The second kappa shape index (κ2) is 10.3. The third kappa shape index (κ3) is 4.78. The molecular formula is C26H32N6O3S. The fraction of sp³-hybridized carbons (Fsp3) is 0.500. The predicted molar refractivity (Wildman–Crippen MR) is 141 cm³/mol. The van der Waals surface area contributed by atoms with Gasteiger partial charge < -0.3 is 25.0 Å². The number of carbonyl (C=O) groups is 1. The molecule has 2 aromatic heterocycles. The minimum atomic E-state index is 0.0785. The fourth-order valence-corrected chi connectivity index (χ4v) is 6.48. The average Bonchev–Trinajstić information content (AvgIpc) is 3.37. The maximum Gasteiger partial charge on any atom is 0.264 e. The number of hydrogen-bond donors (Lipinski definition) is 2. The number of amides is 1. The number of morpholine rings is 1. The number of carbonyl (C=O) groups excluding carboxylic acids is 1. The molecule has 0 saturated carbocycles. The van der Waals surface area contributed by atoms with E-state index in [0.717, 1.165) is 74.0 Å². The number of rotatable bonds is 4. The van der Waals surface area contributed by atoms with Crippen LogP contribution in [-0.2, 0) is 4.74 Å². The van der Waals surface area contributed by atoms with Crippen molar-refractivity contribution in [3.63, 3.8) is 0 Å². The summed E-state index contributed by atoms with van der Waals surface area (Å²) >= 11 is 1.49. The topological polar surface area (TPSA) is 94.1 Å². The van der Waals surface area contributed by atoms with Crippen molar-refractivity contribution in [3.05, 3.63) is 35.2 Å². The van der Waals surface area contributed by atoms with Crippen LogP contribution in [0.15, 0.2) is 30.3 Å². The molecule has 0 atom stereocenters. The first kappa shape index (κ1) is 23.6. The molecule has 0 spiro atoms. The molecule has 0 radical (unpaired) electrons. The molecule has 3 saturated heterocycles. The number of piperazine rings is 1. The molecule has 0 bridgehead atoms. The highest BCUT2D eigenvalue weighted by atomic mass is 32.1. The Bertz CT molecular complexity index is 1230. The average molecular weight is 509 g/mol. The van der Waals surface area contributed by atoms with Crippen LogP contribution in [0.2, 0.25) is 0 Å². The minimum absolute atomic E-state index is 0.0785. The molecule has 3 aromatic rings. The van der Waals surface area contributed by atoms with Crippen molar-refractivity contribution < 1.29 is 14.6 Å². The van der Waals surface area contributed by atoms with Gasteiger partial charge in [0.25, 0.3) is 5.91 Å². The minimum Gasteiger partial charge on any atom is -0.508 e. The molecule has 3 fully saturated rings. The number of anilines is 1. The largest absolute Gasteiger partial charge is 0.508 e. The summed E-state index contributed by atoms with van der Waals surface area (Å²) in [5.74, 6) is 1.64. The lowest BCUT2D eigenvalue weighted by atomic mass is 10.0. The number of fused-ring (bicyclic) bond motifs is 1. The van der Waals surface area contributed by atoms with E-state index >= 15 is 0 Å². The van der Waals surface area contributed by atoms with E-state index in [1.807, 2.05) is 17.0 Å². The van der Waals surface area contributed by atoms with Crippen molar-refractivity contribution in [1.29, 1.82) is 0 Å². The van der Waals surface area contributed by atoms with Crippen molar-refractivity contribution >= 4 is 33.3 Å². The summed E-state index contributed by atoms with van der Waals surface area (Å²) in [5, 5.41) is 13.4. The summed E-state index contributed by atoms with van der Waals surface area (Å²) < 4.78 is 6.48. The summed E-state index contributed by atoms with van der Waals surface area (Å²) in [4.78, 5) is 30.7. The Morgan fingerprint density at radius 3 is 2.56 bits per heavy atom. The molecule has 3 aliphatic rings. The van der Waals surface area contributed by atoms with E-state index in [-0.39, 0.29) is 11.7 Å². The van der Waals surface area contributed by atoms with E-state index in [9.17, 15) is 9.90 Å². The number of phenols is 1. The van der Waals surface area contributed by atoms with Gasteiger partial charge in [0.2, 0.25) is 0 Å². The van der Waals surface area contributed by atoms with E-state index in [2.05, 4.69) is 15.1 Å². The van der Waals surface area contributed by atoms with Crippen molar-refractivity contribution in [3.8, 4) is 17.1 Å². The Hall–Kier alpha value is -2.79. The van der Waals surface area contributed by atoms with E-state index in [4.69, 9.17) is 14.7 Å². The molecule has 36 heavy (non-hydrogen) atoms. The zero-order chi connectivity index (χ0) is 24.5. The highest BCUT2D eigenvalue weighted by molar-refractivity contribution is 7.21. The van der Waals surface area contributed by atoms with Crippen molar-refractivity contribution in [2.45, 2.75) is 18.9 Å². The van der Waals surface area contributed by atoms with Crippen LogP contribution in [0.4, 0.5) is 5.82 Å². The number of nitrogens with zero attached hydrogens (tertiary/aromatic N) is 5. The summed E-state index contributed by atoms with van der Waals surface area (Å²) in [5.41, 5.74) is 1.52. The Morgan fingerprint density at radius 2 is 1.81 bits per heavy atom. The maximum atomic E-state index is 13.5. The summed E-state index contributed by atoms with van der Waals surface area (Å²) in [6.45, 7) is 8.32. The summed E-state index contributed by atoms with van der Waals surface area (Å²) in [6, 6.07) is 9.54. The third-order valence-electron chi connectivity index (χ3n) is 7.41. The SMILES string of the molecule is O=C(c1cc2nc(-c3cccc(O)c3)nc(N3CCOCC3)c2s1)N1CCN(C2CCNCC2)CC1. The van der Waals surface area contributed by atoms with Crippen LogP contribution in [-0.4, -0.2) is 102 Å². The molecule has 0 aliphatic carbocycles. The van der Waals surface area contributed by atoms with Crippen LogP contribution in [0.1, 0.15) is 22.5 Å². The van der Waals surface area contributed by atoms with Crippen LogP contribution in [0.3, 0.4) is 0 Å². The van der Waals surface area contributed by atoms with Gasteiger partial charge in [-0.05, 0) is 44.1 Å². The molecule has 10 heteroatoms. The first-order chi connectivity index (χ1) is 17.7. The number of aromatic nitrogens is 2. The number of phenolic OH excluding ortho intramolecular Hbond substituents is 1. The summed E-state index contributed by atoms with van der Waals surface area (Å²) in [7, 11) is 0. The molecule has 0 unspecified atom stereocenters. The maximum absolute atomic E-state index is 13.5. The Balaban J connectivity index is 1.28. The molecule has 190 valence electrons. The van der Waals surface area contributed by atoms with E-state index in [1.165, 1.54) is 24.2 Å². The van der Waals surface area contributed by atoms with Gasteiger partial charge in [-0.15, -0.1) is 11.3 Å². The first-order valence-corrected chi connectivity index (χ1v) is 13.6. The molecule has 2 N–H and O–H groups in total. The van der Waals surface area contributed by atoms with Crippen LogP contribution >= 0.6 is 11.3 Å². The van der Waals surface area contributed by atoms with Crippen molar-refractivity contribution in [2.75, 3.05) is 70.5 Å². The normalized spacial score (nSPS) is 20.2. The lowest BCUT2D eigenvalue weighted by molar-refractivity contribution is 0.0536. The van der Waals surface area contributed by atoms with Crippen LogP contribution < -0.4 is 10.2 Å². The molecule has 9 nitrogen and oxygen atoms in total. The van der Waals surface area contributed by atoms with Crippen molar-refractivity contribution in [1.82, 2.24) is 25.1 Å². The Morgan fingerprint density at radius 1 is 1.03 bits per heavy atom. The number of thiophene rings is 1. The smallest absolute Gasteiger partial charge is 0.264 e. The summed E-state index contributed by atoms with van der Waals surface area (Å²) in [6.07, 6.45) is 2.38. The standard InChI is InChI=1S/C26H32N6O3S/c33-20-3-1-2-18(16-20)24-28-21-17-22(36-23(21)25(29-24)31-12-14-35-15-13-31)26(34)32-10-8-30(9-11-32)19-4-6-27-7-5-19/h1-3,16-17,19,27,33H,4-15H2. The second-order valence-corrected chi connectivity index (χ2v) is 10.7. The number of ether oxygens (including phenoxy) is 1. The quantitative estimate of drug-likeness (QED) is 0.555. The molecule has 5 heterocycles. The van der Waals surface area contributed by atoms with E-state index in [0.29, 0.717) is 30.0 Å². The monoisotopic (exact) mass is 508 g/mol. The first-order valence-electron chi connectivity index (χ1n) is 12.8. The zero-order valence-electron chi connectivity index (χ0n) is 20.4. The lowest BCUT2D eigenvalue weighted by Gasteiger charge is -2.40. The van der Waals surface area contributed by atoms with E-state index < -0.39 is 0 Å².